The number of fused-ring (bicyclic) bond motifs is 1. The fraction of sp³-hybridized carbons (Fsp3) is 0.737. The molecule has 3 aliphatic carbocycles. The number of rotatable bonds is 8. The molecular formula is C38H56N8O6. The first-order valence-electron chi connectivity index (χ1n) is 19.1. The van der Waals surface area contributed by atoms with Gasteiger partial charge in [0.05, 0.1) is 25.1 Å². The van der Waals surface area contributed by atoms with Crippen molar-refractivity contribution >= 4 is 34.6 Å². The molecule has 5 aliphatic rings. The zero-order valence-corrected chi connectivity index (χ0v) is 31.2. The standard InChI is InChI=1S/C38H56N8O6/c1-6-35(3)19-27(48)37(5)31-26(47)7-10-38(31,24(2)32(35)51)12-11-36(37,4)52-29(50)21-43-15-17-44(18-16-43)28(49)9-14-46-23-42-30-33(40-22-41-34(30)46)45-13-8-25(39)20-45/h6,22-25,27,31-32,48,51H,1,7-21,39H2,2-5H3/t24?,25-,27?,31?,32?,35?,36?,37?,38?/m1/s1. The van der Waals surface area contributed by atoms with Crippen LogP contribution < -0.4 is 10.6 Å². The van der Waals surface area contributed by atoms with Gasteiger partial charge in [-0.1, -0.05) is 26.8 Å². The number of carbonyl (C=O) groups is 3. The lowest BCUT2D eigenvalue weighted by molar-refractivity contribution is -0.252. The summed E-state index contributed by atoms with van der Waals surface area (Å²) < 4.78 is 8.29. The van der Waals surface area contributed by atoms with E-state index in [4.69, 9.17) is 10.5 Å². The number of hydrogen-bond donors (Lipinski definition) is 3. The number of hydrogen-bond acceptors (Lipinski definition) is 12. The number of nitrogens with two attached hydrogens (primary N) is 1. The van der Waals surface area contributed by atoms with Crippen LogP contribution in [0.5, 0.6) is 0 Å². The summed E-state index contributed by atoms with van der Waals surface area (Å²) in [5.41, 5.74) is 4.11. The molecule has 4 N–H and O–H groups in total. The molecule has 284 valence electrons. The maximum Gasteiger partial charge on any atom is 0.320 e. The van der Waals surface area contributed by atoms with Gasteiger partial charge in [0.1, 0.15) is 17.7 Å². The summed E-state index contributed by atoms with van der Waals surface area (Å²) >= 11 is 0. The van der Waals surface area contributed by atoms with E-state index in [9.17, 15) is 24.6 Å². The zero-order valence-electron chi connectivity index (χ0n) is 31.2. The lowest BCUT2D eigenvalue weighted by Gasteiger charge is -2.64. The van der Waals surface area contributed by atoms with Crippen LogP contribution in [0.15, 0.2) is 25.3 Å². The summed E-state index contributed by atoms with van der Waals surface area (Å²) in [5, 5.41) is 23.6. The van der Waals surface area contributed by atoms with E-state index in [0.717, 1.165) is 25.3 Å². The average molecular weight is 721 g/mol. The number of aliphatic hydroxyl groups excluding tert-OH is 2. The number of carbonyl (C=O) groups excluding carboxylic acids is 3. The van der Waals surface area contributed by atoms with Crippen molar-refractivity contribution in [1.29, 1.82) is 0 Å². The molecule has 5 fully saturated rings. The fourth-order valence-corrected chi connectivity index (χ4v) is 10.7. The molecule has 8 unspecified atom stereocenters. The maximum atomic E-state index is 13.7. The molecule has 14 heteroatoms. The first-order valence-corrected chi connectivity index (χ1v) is 19.1. The van der Waals surface area contributed by atoms with Crippen molar-refractivity contribution in [2.45, 2.75) is 103 Å². The van der Waals surface area contributed by atoms with Crippen LogP contribution in [-0.4, -0.2) is 127 Å². The Morgan fingerprint density at radius 1 is 1.08 bits per heavy atom. The number of aliphatic hydroxyl groups is 2. The number of aryl methyl sites for hydroxylation is 1. The van der Waals surface area contributed by atoms with Crippen molar-refractivity contribution in [3.8, 4) is 0 Å². The van der Waals surface area contributed by atoms with Crippen molar-refractivity contribution in [2.75, 3.05) is 50.7 Å². The topological polar surface area (TPSA) is 180 Å². The molecule has 2 aromatic heterocycles. The van der Waals surface area contributed by atoms with Crippen LogP contribution in [0.4, 0.5) is 5.82 Å². The number of nitrogens with zero attached hydrogens (tertiary/aromatic N) is 7. The first-order chi connectivity index (χ1) is 24.7. The van der Waals surface area contributed by atoms with Crippen LogP contribution in [0.1, 0.15) is 72.6 Å². The van der Waals surface area contributed by atoms with E-state index in [0.29, 0.717) is 76.0 Å². The highest BCUT2D eigenvalue weighted by Gasteiger charge is 2.72. The second-order valence-electron chi connectivity index (χ2n) is 17.0. The molecule has 2 aliphatic heterocycles. The van der Waals surface area contributed by atoms with E-state index in [-0.39, 0.29) is 36.6 Å². The molecule has 14 nitrogen and oxygen atoms in total. The SMILES string of the molecule is C=CC1(C)CC(O)C2(C)C3C(=O)CCC3(CCC2(C)OC(=O)CN2CCN(C(=O)CCn3cnc4c(N5CC[C@@H](N)C5)ncnc43)CC2)C(C)C1O. The normalized spacial score (nSPS) is 38.2. The number of esters is 1. The molecule has 4 heterocycles. The predicted molar refractivity (Wildman–Crippen MR) is 194 cm³/mol. The number of amides is 1. The van der Waals surface area contributed by atoms with Crippen molar-refractivity contribution in [3.05, 3.63) is 25.3 Å². The Labute approximate surface area is 305 Å². The lowest BCUT2D eigenvalue weighted by atomic mass is 9.42. The summed E-state index contributed by atoms with van der Waals surface area (Å²) in [4.78, 5) is 60.2. The summed E-state index contributed by atoms with van der Waals surface area (Å²) in [6.07, 6.45) is 6.78. The van der Waals surface area contributed by atoms with E-state index < -0.39 is 45.9 Å². The molecule has 0 aromatic carbocycles. The van der Waals surface area contributed by atoms with Gasteiger partial charge in [-0.3, -0.25) is 19.3 Å². The van der Waals surface area contributed by atoms with Crippen LogP contribution >= 0.6 is 0 Å². The number of Topliss-reactive ketones (excluding diaryl/α,β-unsaturated/α-hetero) is 1. The third-order valence-corrected chi connectivity index (χ3v) is 14.3. The molecule has 1 amide bonds. The summed E-state index contributed by atoms with van der Waals surface area (Å²) in [7, 11) is 0. The molecule has 7 rings (SSSR count). The van der Waals surface area contributed by atoms with Gasteiger partial charge in [-0.25, -0.2) is 15.0 Å². The van der Waals surface area contributed by atoms with Gasteiger partial charge < -0.3 is 35.1 Å². The van der Waals surface area contributed by atoms with Crippen LogP contribution in [-0.2, 0) is 25.7 Å². The van der Waals surface area contributed by atoms with Gasteiger partial charge in [-0.05, 0) is 50.4 Å². The smallest absolute Gasteiger partial charge is 0.320 e. The fourth-order valence-electron chi connectivity index (χ4n) is 10.7. The van der Waals surface area contributed by atoms with Crippen LogP contribution in [0.2, 0.25) is 0 Å². The molecule has 0 radical (unpaired) electrons. The Hall–Kier alpha value is -3.46. The third kappa shape index (κ3) is 5.84. The summed E-state index contributed by atoms with van der Waals surface area (Å²) in [6.45, 7) is 15.8. The second kappa shape index (κ2) is 13.4. The van der Waals surface area contributed by atoms with Gasteiger partial charge >= 0.3 is 5.97 Å². The van der Waals surface area contributed by atoms with Gasteiger partial charge in [0.2, 0.25) is 5.91 Å². The van der Waals surface area contributed by atoms with Crippen molar-refractivity contribution < 1.29 is 29.3 Å². The minimum absolute atomic E-state index is 0.0281. The Balaban J connectivity index is 0.967. The molecule has 52 heavy (non-hydrogen) atoms. The number of piperazine rings is 1. The average Bonchev–Trinajstić information content (AvgIpc) is 3.85. The summed E-state index contributed by atoms with van der Waals surface area (Å²) in [6, 6.07) is 0.115. The number of aromatic nitrogens is 4. The first kappa shape index (κ1) is 36.9. The third-order valence-electron chi connectivity index (χ3n) is 14.3. The predicted octanol–water partition coefficient (Wildman–Crippen LogP) is 1.92. The number of ketones is 1. The number of imidazole rings is 1. The highest BCUT2D eigenvalue weighted by Crippen LogP contribution is 2.69. The summed E-state index contributed by atoms with van der Waals surface area (Å²) in [5.74, 6) is -0.250. The lowest BCUT2D eigenvalue weighted by Crippen LogP contribution is -2.69. The molecular weight excluding hydrogens is 664 g/mol. The minimum atomic E-state index is -1.09. The zero-order chi connectivity index (χ0) is 37.2. The van der Waals surface area contributed by atoms with E-state index >= 15 is 0 Å². The molecule has 2 bridgehead atoms. The second-order valence-corrected chi connectivity index (χ2v) is 17.0. The van der Waals surface area contributed by atoms with E-state index in [1.807, 2.05) is 42.1 Å². The number of anilines is 1. The minimum Gasteiger partial charge on any atom is -0.458 e. The van der Waals surface area contributed by atoms with Crippen LogP contribution in [0.25, 0.3) is 11.2 Å². The highest BCUT2D eigenvalue weighted by atomic mass is 16.6. The van der Waals surface area contributed by atoms with E-state index in [1.165, 1.54) is 6.33 Å². The van der Waals surface area contributed by atoms with Crippen LogP contribution in [0, 0.1) is 28.1 Å². The Bertz CT molecular complexity index is 1730. The van der Waals surface area contributed by atoms with Crippen molar-refractivity contribution in [3.63, 3.8) is 0 Å². The van der Waals surface area contributed by atoms with E-state index in [2.05, 4.69) is 26.4 Å². The Morgan fingerprint density at radius 2 is 1.83 bits per heavy atom. The molecule has 3 saturated carbocycles. The Kier molecular flexibility index (Phi) is 9.53. The highest BCUT2D eigenvalue weighted by molar-refractivity contribution is 5.86. The van der Waals surface area contributed by atoms with Gasteiger partial charge in [0, 0.05) is 81.4 Å². The Morgan fingerprint density at radius 3 is 2.52 bits per heavy atom. The largest absolute Gasteiger partial charge is 0.458 e. The van der Waals surface area contributed by atoms with Gasteiger partial charge in [-0.2, -0.15) is 0 Å². The maximum absolute atomic E-state index is 13.7. The van der Waals surface area contributed by atoms with E-state index in [1.54, 1.807) is 12.4 Å². The quantitative estimate of drug-likeness (QED) is 0.267. The molecule has 0 spiro atoms. The van der Waals surface area contributed by atoms with Crippen molar-refractivity contribution in [1.82, 2.24) is 29.3 Å². The van der Waals surface area contributed by atoms with Gasteiger partial charge in [0.15, 0.2) is 17.0 Å². The molecule has 2 saturated heterocycles. The van der Waals surface area contributed by atoms with Gasteiger partial charge in [0.25, 0.3) is 0 Å². The monoisotopic (exact) mass is 720 g/mol. The number of ether oxygens (including phenoxy) is 1. The molecule has 9 atom stereocenters. The molecule has 2 aromatic rings. The van der Waals surface area contributed by atoms with Crippen molar-refractivity contribution in [2.24, 2.45) is 33.8 Å². The van der Waals surface area contributed by atoms with Gasteiger partial charge in [-0.15, -0.1) is 6.58 Å². The van der Waals surface area contributed by atoms with Crippen LogP contribution in [0.3, 0.4) is 0 Å².